The Labute approximate surface area is 90.4 Å². The molecule has 0 saturated carbocycles. The molecule has 1 aromatic rings. The first kappa shape index (κ1) is 11.5. The highest BCUT2D eigenvalue weighted by atomic mass is 15.3. The Morgan fingerprint density at radius 2 is 1.87 bits per heavy atom. The lowest BCUT2D eigenvalue weighted by atomic mass is 9.86. The summed E-state index contributed by atoms with van der Waals surface area (Å²) in [6, 6.07) is 7.89. The predicted octanol–water partition coefficient (Wildman–Crippen LogP) is 1.39. The molecule has 1 aromatic carbocycles. The first-order valence-electron chi connectivity index (χ1n) is 4.85. The van der Waals surface area contributed by atoms with Gasteiger partial charge in [-0.25, -0.2) is 10.8 Å². The summed E-state index contributed by atoms with van der Waals surface area (Å²) in [4.78, 5) is 4.20. The Morgan fingerprint density at radius 1 is 1.27 bits per heavy atom. The van der Waals surface area contributed by atoms with Gasteiger partial charge in [-0.05, 0) is 17.0 Å². The normalized spacial score (nSPS) is 12.7. The van der Waals surface area contributed by atoms with Crippen molar-refractivity contribution in [3.8, 4) is 0 Å². The van der Waals surface area contributed by atoms with E-state index in [4.69, 9.17) is 11.6 Å². The molecule has 82 valence electrons. The molecule has 0 amide bonds. The number of hydrazine groups is 1. The summed E-state index contributed by atoms with van der Waals surface area (Å²) in [5.41, 5.74) is 9.88. The minimum absolute atomic E-state index is 0.0367. The van der Waals surface area contributed by atoms with Gasteiger partial charge in [-0.15, -0.1) is 0 Å². The van der Waals surface area contributed by atoms with Gasteiger partial charge >= 0.3 is 0 Å². The topological polar surface area (TPSA) is 76.4 Å². The van der Waals surface area contributed by atoms with Crippen molar-refractivity contribution in [1.29, 1.82) is 0 Å². The maximum atomic E-state index is 5.53. The van der Waals surface area contributed by atoms with E-state index in [2.05, 4.69) is 31.2 Å². The highest BCUT2D eigenvalue weighted by Gasteiger charge is 2.17. The standard InChI is InChI=1S/C11H18N4/c1-11(2,3)8-6-4-5-7-9(8)14-10(12)15-13/h4-7H,13H2,1-3H3,(H3,12,14,15). The van der Waals surface area contributed by atoms with Gasteiger partial charge in [0.2, 0.25) is 5.96 Å². The molecule has 0 unspecified atom stereocenters. The number of rotatable bonds is 1. The zero-order chi connectivity index (χ0) is 11.5. The maximum Gasteiger partial charge on any atom is 0.208 e. The van der Waals surface area contributed by atoms with Gasteiger partial charge in [-0.1, -0.05) is 39.0 Å². The number of hydrogen-bond donors (Lipinski definition) is 3. The van der Waals surface area contributed by atoms with Crippen LogP contribution in [0.15, 0.2) is 29.3 Å². The van der Waals surface area contributed by atoms with E-state index < -0.39 is 0 Å². The van der Waals surface area contributed by atoms with Crippen molar-refractivity contribution < 1.29 is 0 Å². The molecule has 0 aliphatic heterocycles. The average molecular weight is 206 g/mol. The summed E-state index contributed by atoms with van der Waals surface area (Å²) in [6.45, 7) is 6.40. The number of nitrogens with two attached hydrogens (primary N) is 2. The Balaban J connectivity index is 3.19. The second-order valence-corrected chi connectivity index (χ2v) is 4.41. The van der Waals surface area contributed by atoms with Crippen LogP contribution in [0.5, 0.6) is 0 Å². The maximum absolute atomic E-state index is 5.53. The lowest BCUT2D eigenvalue weighted by Crippen LogP contribution is -2.36. The monoisotopic (exact) mass is 206 g/mol. The number of para-hydroxylation sites is 1. The van der Waals surface area contributed by atoms with Crippen LogP contribution in [0.3, 0.4) is 0 Å². The molecule has 4 nitrogen and oxygen atoms in total. The highest BCUT2D eigenvalue weighted by Crippen LogP contribution is 2.30. The van der Waals surface area contributed by atoms with Crippen molar-refractivity contribution in [1.82, 2.24) is 5.43 Å². The van der Waals surface area contributed by atoms with Crippen LogP contribution in [-0.2, 0) is 5.41 Å². The Morgan fingerprint density at radius 3 is 2.40 bits per heavy atom. The molecule has 0 atom stereocenters. The van der Waals surface area contributed by atoms with Gasteiger partial charge in [-0.2, -0.15) is 0 Å². The van der Waals surface area contributed by atoms with Gasteiger partial charge < -0.3 is 5.73 Å². The molecular weight excluding hydrogens is 188 g/mol. The predicted molar refractivity (Wildman–Crippen MR) is 63.7 cm³/mol. The molecule has 0 fully saturated rings. The fourth-order valence-corrected chi connectivity index (χ4v) is 1.37. The van der Waals surface area contributed by atoms with Crippen molar-refractivity contribution in [3.05, 3.63) is 29.8 Å². The van der Waals surface area contributed by atoms with Crippen LogP contribution in [0.1, 0.15) is 26.3 Å². The summed E-state index contributed by atoms with van der Waals surface area (Å²) in [7, 11) is 0. The molecular formula is C11H18N4. The van der Waals surface area contributed by atoms with Crippen molar-refractivity contribution >= 4 is 11.6 Å². The summed E-state index contributed by atoms with van der Waals surface area (Å²) < 4.78 is 0. The van der Waals surface area contributed by atoms with Crippen LogP contribution in [0.4, 0.5) is 5.69 Å². The number of hydrogen-bond acceptors (Lipinski definition) is 2. The number of guanidine groups is 1. The van der Waals surface area contributed by atoms with E-state index in [1.54, 1.807) is 0 Å². The molecule has 0 aliphatic rings. The van der Waals surface area contributed by atoms with Gasteiger partial charge in [0.1, 0.15) is 0 Å². The second-order valence-electron chi connectivity index (χ2n) is 4.41. The van der Waals surface area contributed by atoms with Crippen LogP contribution in [0.25, 0.3) is 0 Å². The minimum Gasteiger partial charge on any atom is -0.369 e. The summed E-state index contributed by atoms with van der Waals surface area (Å²) >= 11 is 0. The van der Waals surface area contributed by atoms with Crippen LogP contribution < -0.4 is 17.0 Å². The molecule has 0 aromatic heterocycles. The van der Waals surface area contributed by atoms with Gasteiger partial charge in [0.25, 0.3) is 0 Å². The van der Waals surface area contributed by atoms with E-state index in [0.717, 1.165) is 11.3 Å². The largest absolute Gasteiger partial charge is 0.369 e. The lowest BCUT2D eigenvalue weighted by Gasteiger charge is -2.20. The first-order chi connectivity index (χ1) is 6.95. The summed E-state index contributed by atoms with van der Waals surface area (Å²) in [6.07, 6.45) is 0. The Bertz CT molecular complexity index is 363. The highest BCUT2D eigenvalue weighted by molar-refractivity contribution is 5.80. The fraction of sp³-hybridized carbons (Fsp3) is 0.364. The van der Waals surface area contributed by atoms with Crippen molar-refractivity contribution in [2.75, 3.05) is 0 Å². The van der Waals surface area contributed by atoms with E-state index in [0.29, 0.717) is 0 Å². The third kappa shape index (κ3) is 2.95. The number of nitrogens with one attached hydrogen (secondary N) is 1. The zero-order valence-electron chi connectivity index (χ0n) is 9.41. The lowest BCUT2D eigenvalue weighted by molar-refractivity contribution is 0.591. The molecule has 5 N–H and O–H groups in total. The summed E-state index contributed by atoms with van der Waals surface area (Å²) in [5, 5.41) is 0. The summed E-state index contributed by atoms with van der Waals surface area (Å²) in [5.74, 6) is 5.39. The molecule has 0 spiro atoms. The molecule has 0 aliphatic carbocycles. The van der Waals surface area contributed by atoms with Crippen LogP contribution >= 0.6 is 0 Å². The molecule has 1 rings (SSSR count). The molecule has 15 heavy (non-hydrogen) atoms. The first-order valence-corrected chi connectivity index (χ1v) is 4.85. The molecule has 0 saturated heterocycles. The van der Waals surface area contributed by atoms with Crippen molar-refractivity contribution in [3.63, 3.8) is 0 Å². The van der Waals surface area contributed by atoms with E-state index in [1.807, 2.05) is 24.3 Å². The number of benzene rings is 1. The molecule has 0 radical (unpaired) electrons. The molecule has 4 heteroatoms. The van der Waals surface area contributed by atoms with E-state index >= 15 is 0 Å². The SMILES string of the molecule is CC(C)(C)c1ccccc1N=C(N)NN. The van der Waals surface area contributed by atoms with Crippen LogP contribution in [0, 0.1) is 0 Å². The Kier molecular flexibility index (Phi) is 3.31. The molecule has 0 bridgehead atoms. The van der Waals surface area contributed by atoms with Crippen LogP contribution in [0.2, 0.25) is 0 Å². The van der Waals surface area contributed by atoms with Gasteiger partial charge in [0.15, 0.2) is 0 Å². The van der Waals surface area contributed by atoms with E-state index in [-0.39, 0.29) is 11.4 Å². The van der Waals surface area contributed by atoms with E-state index in [1.165, 1.54) is 0 Å². The van der Waals surface area contributed by atoms with Crippen LogP contribution in [-0.4, -0.2) is 5.96 Å². The second kappa shape index (κ2) is 4.31. The smallest absolute Gasteiger partial charge is 0.208 e. The van der Waals surface area contributed by atoms with Gasteiger partial charge in [0.05, 0.1) is 5.69 Å². The third-order valence-electron chi connectivity index (χ3n) is 2.10. The minimum atomic E-state index is 0.0367. The van der Waals surface area contributed by atoms with Crippen molar-refractivity contribution in [2.45, 2.75) is 26.2 Å². The average Bonchev–Trinajstić information content (AvgIpc) is 2.17. The number of nitrogens with zero attached hydrogens (tertiary/aromatic N) is 1. The van der Waals surface area contributed by atoms with Crippen molar-refractivity contribution in [2.24, 2.45) is 16.6 Å². The van der Waals surface area contributed by atoms with Gasteiger partial charge in [-0.3, -0.25) is 5.43 Å². The molecule has 0 heterocycles. The quantitative estimate of drug-likeness (QED) is 0.281. The third-order valence-corrected chi connectivity index (χ3v) is 2.10. The van der Waals surface area contributed by atoms with Gasteiger partial charge in [0, 0.05) is 0 Å². The zero-order valence-corrected chi connectivity index (χ0v) is 9.41. The number of aliphatic imine (C=N–C) groups is 1. The Hall–Kier alpha value is -1.55. The fourth-order valence-electron chi connectivity index (χ4n) is 1.37. The van der Waals surface area contributed by atoms with E-state index in [9.17, 15) is 0 Å².